The Morgan fingerprint density at radius 1 is 0.431 bits per heavy atom. The van der Waals surface area contributed by atoms with Gasteiger partial charge in [-0.2, -0.15) is 5.10 Å². The second kappa shape index (κ2) is 13.5. The van der Waals surface area contributed by atoms with E-state index >= 15 is 0 Å². The number of allylic oxidation sites excluding steroid dienone is 1. The zero-order valence-electron chi connectivity index (χ0n) is 30.4. The van der Waals surface area contributed by atoms with Crippen LogP contribution >= 0.6 is 0 Å². The summed E-state index contributed by atoms with van der Waals surface area (Å²) in [7, 11) is 0. The van der Waals surface area contributed by atoms with Crippen molar-refractivity contribution in [2.45, 2.75) is 52.4 Å². The average Bonchev–Trinajstić information content (AvgIpc) is 3.14. The molecule has 252 valence electrons. The summed E-state index contributed by atoms with van der Waals surface area (Å²) in [6.45, 7) is 13.4. The smallest absolute Gasteiger partial charge is 0.116 e. The molecule has 0 heterocycles. The minimum atomic E-state index is 0.129. The number of hydrogen-bond acceptors (Lipinski definition) is 3. The number of hydrogen-bond donors (Lipinski definition) is 2. The lowest BCUT2D eigenvalue weighted by atomic mass is 9.84. The Balaban J connectivity index is 1.06. The van der Waals surface area contributed by atoms with Crippen molar-refractivity contribution in [3.05, 3.63) is 179 Å². The largest absolute Gasteiger partial charge is 0.299 e. The van der Waals surface area contributed by atoms with Crippen LogP contribution in [0, 0.1) is 5.41 Å². The van der Waals surface area contributed by atoms with Gasteiger partial charge in [-0.1, -0.05) is 175 Å². The Kier molecular flexibility index (Phi) is 8.91. The Morgan fingerprint density at radius 3 is 1.20 bits per heavy atom. The average molecular weight is 664 g/mol. The fourth-order valence-electron chi connectivity index (χ4n) is 6.60. The highest BCUT2D eigenvalue weighted by Crippen LogP contribution is 2.34. The molecule has 3 heteroatoms. The molecule has 0 aliphatic heterocycles. The summed E-state index contributed by atoms with van der Waals surface area (Å²) < 4.78 is 0. The normalized spacial score (nSPS) is 13.9. The zero-order valence-corrected chi connectivity index (χ0v) is 30.4. The van der Waals surface area contributed by atoms with E-state index in [1.807, 2.05) is 36.4 Å². The maximum atomic E-state index is 8.99. The first-order valence-corrected chi connectivity index (χ1v) is 17.7. The summed E-state index contributed by atoms with van der Waals surface area (Å²) >= 11 is 0. The number of hydrazone groups is 1. The van der Waals surface area contributed by atoms with Crippen molar-refractivity contribution in [3.8, 4) is 33.4 Å². The maximum Gasteiger partial charge on any atom is 0.116 e. The topological polar surface area (TPSA) is 48.2 Å². The van der Waals surface area contributed by atoms with E-state index in [4.69, 9.17) is 10.5 Å². The van der Waals surface area contributed by atoms with Gasteiger partial charge in [-0.15, -0.1) is 0 Å². The van der Waals surface area contributed by atoms with Gasteiger partial charge in [0.15, 0.2) is 0 Å². The zero-order chi connectivity index (χ0) is 35.8. The predicted molar refractivity (Wildman–Crippen MR) is 218 cm³/mol. The Bertz CT molecular complexity index is 2240. The summed E-state index contributed by atoms with van der Waals surface area (Å²) in [6, 6.07) is 51.6. The molecule has 1 aliphatic carbocycles. The number of anilines is 1. The lowest BCUT2D eigenvalue weighted by molar-refractivity contribution is 0.590. The molecule has 0 aromatic heterocycles. The number of nitrogens with one attached hydrogen (secondary N) is 2. The van der Waals surface area contributed by atoms with Crippen LogP contribution in [0.2, 0.25) is 0 Å². The van der Waals surface area contributed by atoms with Crippen molar-refractivity contribution in [2.24, 2.45) is 5.10 Å². The molecule has 0 fully saturated rings. The SMILES string of the molecule is CC(C)(C)c1ccc(-c2ccc(C3=CC(=N)/C(=N\Nc4ccc(-c5ccc(-c6ccc(C(C)(C)C)cc6)cc5)cc4)c4ccccc43)cc2)cc1. The molecule has 0 saturated carbocycles. The summed E-state index contributed by atoms with van der Waals surface area (Å²) in [6.07, 6.45) is 1.93. The monoisotopic (exact) mass is 663 g/mol. The lowest BCUT2D eigenvalue weighted by Crippen LogP contribution is -2.21. The van der Waals surface area contributed by atoms with Crippen LogP contribution in [0.5, 0.6) is 0 Å². The number of fused-ring (bicyclic) bond motifs is 1. The first kappa shape index (κ1) is 33.7. The number of rotatable bonds is 6. The second-order valence-corrected chi connectivity index (χ2v) is 15.5. The molecule has 0 radical (unpaired) electrons. The fourth-order valence-corrected chi connectivity index (χ4v) is 6.60. The fraction of sp³-hybridized carbons (Fsp3) is 0.167. The molecule has 0 bridgehead atoms. The van der Waals surface area contributed by atoms with Crippen LogP contribution in [0.15, 0.2) is 157 Å². The van der Waals surface area contributed by atoms with Gasteiger partial charge in [0.05, 0.1) is 11.4 Å². The second-order valence-electron chi connectivity index (χ2n) is 15.5. The van der Waals surface area contributed by atoms with Crippen molar-refractivity contribution < 1.29 is 0 Å². The first-order chi connectivity index (χ1) is 24.4. The molecular weight excluding hydrogens is 619 g/mol. The molecule has 6 aromatic carbocycles. The van der Waals surface area contributed by atoms with Gasteiger partial charge in [0.1, 0.15) is 5.71 Å². The standard InChI is InChI=1S/C48H45N3/c1-47(2,3)39-25-19-35(20-26-39)32-11-13-33(14-12-32)37-23-29-41(30-24-37)50-51-46-43-10-8-7-9-42(43)44(31-45(46)49)38-17-15-34(16-18-38)36-21-27-40(28-22-36)48(4,5)6/h7-31,49-50H,1-6H3/b49-45?,51-46-. The molecule has 7 rings (SSSR count). The van der Waals surface area contributed by atoms with E-state index in [0.717, 1.165) is 39.1 Å². The van der Waals surface area contributed by atoms with E-state index in [2.05, 4.69) is 162 Å². The van der Waals surface area contributed by atoms with Gasteiger partial charge < -0.3 is 0 Å². The molecule has 0 unspecified atom stereocenters. The van der Waals surface area contributed by atoms with Crippen LogP contribution in [0.25, 0.3) is 39.0 Å². The van der Waals surface area contributed by atoms with Gasteiger partial charge in [0.2, 0.25) is 0 Å². The van der Waals surface area contributed by atoms with Gasteiger partial charge >= 0.3 is 0 Å². The van der Waals surface area contributed by atoms with E-state index in [-0.39, 0.29) is 10.8 Å². The van der Waals surface area contributed by atoms with E-state index in [0.29, 0.717) is 11.4 Å². The molecule has 0 spiro atoms. The highest BCUT2D eigenvalue weighted by molar-refractivity contribution is 6.54. The summed E-state index contributed by atoms with van der Waals surface area (Å²) in [5.74, 6) is 0. The number of nitrogens with zero attached hydrogens (tertiary/aromatic N) is 1. The van der Waals surface area contributed by atoms with Gasteiger partial charge in [0, 0.05) is 5.56 Å². The number of benzene rings is 6. The maximum absolute atomic E-state index is 8.99. The minimum Gasteiger partial charge on any atom is -0.299 e. The van der Waals surface area contributed by atoms with Crippen molar-refractivity contribution >= 4 is 22.7 Å². The van der Waals surface area contributed by atoms with E-state index in [1.165, 1.54) is 33.4 Å². The van der Waals surface area contributed by atoms with Gasteiger partial charge in [-0.05, 0) is 90.2 Å². The Morgan fingerprint density at radius 2 is 0.784 bits per heavy atom. The first-order valence-electron chi connectivity index (χ1n) is 17.7. The van der Waals surface area contributed by atoms with Crippen LogP contribution in [0.4, 0.5) is 5.69 Å². The van der Waals surface area contributed by atoms with Gasteiger partial charge in [-0.25, -0.2) is 0 Å². The Hall–Kier alpha value is -5.80. The van der Waals surface area contributed by atoms with Crippen LogP contribution in [0.3, 0.4) is 0 Å². The third kappa shape index (κ3) is 7.25. The predicted octanol–water partition coefficient (Wildman–Crippen LogP) is 12.6. The highest BCUT2D eigenvalue weighted by atomic mass is 15.3. The lowest BCUT2D eigenvalue weighted by Gasteiger charge is -2.21. The third-order valence-electron chi connectivity index (χ3n) is 9.78. The quantitative estimate of drug-likeness (QED) is 0.171. The third-order valence-corrected chi connectivity index (χ3v) is 9.78. The molecule has 1 aliphatic rings. The van der Waals surface area contributed by atoms with Crippen LogP contribution in [-0.2, 0) is 10.8 Å². The molecule has 51 heavy (non-hydrogen) atoms. The van der Waals surface area contributed by atoms with E-state index in [1.54, 1.807) is 0 Å². The van der Waals surface area contributed by atoms with Crippen LogP contribution < -0.4 is 5.43 Å². The molecular formula is C48H45N3. The molecule has 0 amide bonds. The van der Waals surface area contributed by atoms with Crippen molar-refractivity contribution in [1.29, 1.82) is 5.41 Å². The van der Waals surface area contributed by atoms with E-state index in [9.17, 15) is 0 Å². The molecule has 3 nitrogen and oxygen atoms in total. The summed E-state index contributed by atoms with van der Waals surface area (Å²) in [5.41, 5.74) is 19.3. The van der Waals surface area contributed by atoms with Crippen LogP contribution in [-0.4, -0.2) is 11.4 Å². The van der Waals surface area contributed by atoms with E-state index < -0.39 is 0 Å². The molecule has 0 atom stereocenters. The van der Waals surface area contributed by atoms with Crippen molar-refractivity contribution in [2.75, 3.05) is 5.43 Å². The molecule has 0 saturated heterocycles. The van der Waals surface area contributed by atoms with Crippen LogP contribution in [0.1, 0.15) is 69.4 Å². The van der Waals surface area contributed by atoms with Gasteiger partial charge in [0.25, 0.3) is 0 Å². The van der Waals surface area contributed by atoms with Crippen molar-refractivity contribution in [1.82, 2.24) is 0 Å². The Labute approximate surface area is 303 Å². The molecule has 6 aromatic rings. The highest BCUT2D eigenvalue weighted by Gasteiger charge is 2.23. The summed E-state index contributed by atoms with van der Waals surface area (Å²) in [5, 5.41) is 13.7. The minimum absolute atomic E-state index is 0.129. The van der Waals surface area contributed by atoms with Gasteiger partial charge in [-0.3, -0.25) is 10.8 Å². The molecule has 2 N–H and O–H groups in total. The summed E-state index contributed by atoms with van der Waals surface area (Å²) in [4.78, 5) is 0. The van der Waals surface area contributed by atoms with Crippen molar-refractivity contribution in [3.63, 3.8) is 0 Å².